The van der Waals surface area contributed by atoms with Gasteiger partial charge in [0.05, 0.1) is 5.75 Å². The van der Waals surface area contributed by atoms with Crippen LogP contribution in [0.2, 0.25) is 0 Å². The SMILES string of the molecule is CN1CCC(CNS(=O)(=O)CCCc2ccccc2)C1. The van der Waals surface area contributed by atoms with Crippen molar-refractivity contribution in [2.45, 2.75) is 19.3 Å². The molecule has 0 aliphatic carbocycles. The maximum Gasteiger partial charge on any atom is 0.211 e. The molecule has 1 unspecified atom stereocenters. The molecule has 0 amide bonds. The lowest BCUT2D eigenvalue weighted by molar-refractivity contribution is 0.394. The lowest BCUT2D eigenvalue weighted by Crippen LogP contribution is -2.32. The van der Waals surface area contributed by atoms with Crippen LogP contribution in [0.3, 0.4) is 0 Å². The molecule has 20 heavy (non-hydrogen) atoms. The lowest BCUT2D eigenvalue weighted by atomic mass is 10.1. The predicted molar refractivity (Wildman–Crippen MR) is 82.2 cm³/mol. The third kappa shape index (κ3) is 5.23. The van der Waals surface area contributed by atoms with Crippen molar-refractivity contribution >= 4 is 10.0 Å². The van der Waals surface area contributed by atoms with Gasteiger partial charge in [0.25, 0.3) is 0 Å². The van der Waals surface area contributed by atoms with Crippen LogP contribution < -0.4 is 4.72 Å². The van der Waals surface area contributed by atoms with E-state index in [9.17, 15) is 8.42 Å². The minimum atomic E-state index is -3.13. The second-order valence-corrected chi connectivity index (χ2v) is 7.60. The molecule has 4 nitrogen and oxygen atoms in total. The topological polar surface area (TPSA) is 49.4 Å². The van der Waals surface area contributed by atoms with Crippen molar-refractivity contribution in [1.29, 1.82) is 0 Å². The number of sulfonamides is 1. The van der Waals surface area contributed by atoms with Gasteiger partial charge in [-0.15, -0.1) is 0 Å². The van der Waals surface area contributed by atoms with Crippen LogP contribution in [0.4, 0.5) is 0 Å². The molecule has 2 rings (SSSR count). The first-order valence-electron chi connectivity index (χ1n) is 7.25. The van der Waals surface area contributed by atoms with E-state index in [1.54, 1.807) is 0 Å². The molecule has 0 spiro atoms. The highest BCUT2D eigenvalue weighted by atomic mass is 32.2. The van der Waals surface area contributed by atoms with Crippen LogP contribution in [0, 0.1) is 5.92 Å². The Labute approximate surface area is 122 Å². The Morgan fingerprint density at radius 2 is 2.05 bits per heavy atom. The molecule has 1 fully saturated rings. The van der Waals surface area contributed by atoms with E-state index < -0.39 is 10.0 Å². The summed E-state index contributed by atoms with van der Waals surface area (Å²) in [6.45, 7) is 2.64. The van der Waals surface area contributed by atoms with Gasteiger partial charge in [0.1, 0.15) is 0 Å². The van der Waals surface area contributed by atoms with Gasteiger partial charge in [0.2, 0.25) is 10.0 Å². The molecule has 5 heteroatoms. The first kappa shape index (κ1) is 15.5. The number of aryl methyl sites for hydroxylation is 1. The summed E-state index contributed by atoms with van der Waals surface area (Å²) < 4.78 is 26.6. The van der Waals surface area contributed by atoms with Gasteiger partial charge in [0.15, 0.2) is 0 Å². The van der Waals surface area contributed by atoms with Crippen LogP contribution in [-0.2, 0) is 16.4 Å². The summed E-state index contributed by atoms with van der Waals surface area (Å²) in [5.74, 6) is 0.675. The zero-order valence-corrected chi connectivity index (χ0v) is 12.9. The molecule has 1 N–H and O–H groups in total. The minimum absolute atomic E-state index is 0.213. The standard InChI is InChI=1S/C15H24N2O2S/c1-17-10-9-15(13-17)12-16-20(18,19)11-5-8-14-6-3-2-4-7-14/h2-4,6-7,15-16H,5,8-13H2,1H3. The number of nitrogens with zero attached hydrogens (tertiary/aromatic N) is 1. The molecular weight excluding hydrogens is 272 g/mol. The fourth-order valence-corrected chi connectivity index (χ4v) is 3.78. The van der Waals surface area contributed by atoms with Crippen molar-refractivity contribution in [2.24, 2.45) is 5.92 Å². The van der Waals surface area contributed by atoms with Gasteiger partial charge in [-0.2, -0.15) is 0 Å². The zero-order chi connectivity index (χ0) is 14.4. The highest BCUT2D eigenvalue weighted by Crippen LogP contribution is 2.13. The second kappa shape index (κ2) is 7.20. The quantitative estimate of drug-likeness (QED) is 0.829. The van der Waals surface area contributed by atoms with Crippen LogP contribution in [0.25, 0.3) is 0 Å². The molecule has 1 aromatic rings. The van der Waals surface area contributed by atoms with Crippen molar-refractivity contribution in [3.63, 3.8) is 0 Å². The fraction of sp³-hybridized carbons (Fsp3) is 0.600. The second-order valence-electron chi connectivity index (χ2n) is 5.67. The van der Waals surface area contributed by atoms with Crippen molar-refractivity contribution in [3.05, 3.63) is 35.9 Å². The van der Waals surface area contributed by atoms with Crippen LogP contribution in [0.1, 0.15) is 18.4 Å². The zero-order valence-electron chi connectivity index (χ0n) is 12.1. The molecule has 1 aliphatic rings. The molecular formula is C15H24N2O2S. The summed E-state index contributed by atoms with van der Waals surface area (Å²) in [4.78, 5) is 2.24. The Balaban J connectivity index is 1.68. The molecule has 0 saturated carbocycles. The molecule has 0 radical (unpaired) electrons. The van der Waals surface area contributed by atoms with Crippen molar-refractivity contribution < 1.29 is 8.42 Å². The summed E-state index contributed by atoms with van der Waals surface area (Å²) in [6.07, 6.45) is 2.57. The van der Waals surface area contributed by atoms with E-state index in [-0.39, 0.29) is 5.75 Å². The van der Waals surface area contributed by atoms with Gasteiger partial charge in [-0.05, 0) is 44.3 Å². The Morgan fingerprint density at radius 1 is 1.30 bits per heavy atom. The first-order valence-corrected chi connectivity index (χ1v) is 8.90. The predicted octanol–water partition coefficient (Wildman–Crippen LogP) is 1.49. The van der Waals surface area contributed by atoms with E-state index >= 15 is 0 Å². The largest absolute Gasteiger partial charge is 0.306 e. The Bertz CT molecular complexity index is 502. The Kier molecular flexibility index (Phi) is 5.57. The van der Waals surface area contributed by atoms with E-state index in [1.807, 2.05) is 30.3 Å². The van der Waals surface area contributed by atoms with E-state index in [2.05, 4.69) is 16.7 Å². The molecule has 1 atom stereocenters. The van der Waals surface area contributed by atoms with E-state index in [1.165, 1.54) is 5.56 Å². The molecule has 1 aromatic carbocycles. The minimum Gasteiger partial charge on any atom is -0.306 e. The third-order valence-electron chi connectivity index (χ3n) is 3.80. The molecule has 1 heterocycles. The average molecular weight is 296 g/mol. The molecule has 0 aromatic heterocycles. The summed E-state index contributed by atoms with van der Waals surface area (Å²) in [6, 6.07) is 10.0. The van der Waals surface area contributed by atoms with Crippen LogP contribution in [0.15, 0.2) is 30.3 Å². The summed E-state index contributed by atoms with van der Waals surface area (Å²) in [7, 11) is -1.05. The van der Waals surface area contributed by atoms with E-state index in [0.717, 1.165) is 25.9 Å². The van der Waals surface area contributed by atoms with Gasteiger partial charge in [0, 0.05) is 13.1 Å². The molecule has 1 aliphatic heterocycles. The van der Waals surface area contributed by atoms with Gasteiger partial charge < -0.3 is 4.90 Å². The maximum atomic E-state index is 11.9. The average Bonchev–Trinajstić information content (AvgIpc) is 2.84. The Morgan fingerprint density at radius 3 is 2.70 bits per heavy atom. The van der Waals surface area contributed by atoms with Crippen LogP contribution in [-0.4, -0.2) is 45.8 Å². The van der Waals surface area contributed by atoms with E-state index in [4.69, 9.17) is 0 Å². The first-order chi connectivity index (χ1) is 9.55. The maximum absolute atomic E-state index is 11.9. The number of hydrogen-bond acceptors (Lipinski definition) is 3. The molecule has 0 bridgehead atoms. The van der Waals surface area contributed by atoms with Gasteiger partial charge in [-0.1, -0.05) is 30.3 Å². The Hall–Kier alpha value is -0.910. The highest BCUT2D eigenvalue weighted by molar-refractivity contribution is 7.89. The summed E-state index contributed by atoms with van der Waals surface area (Å²) >= 11 is 0. The number of rotatable bonds is 7. The van der Waals surface area contributed by atoms with Gasteiger partial charge >= 0.3 is 0 Å². The normalized spacial score (nSPS) is 20.4. The third-order valence-corrected chi connectivity index (χ3v) is 5.23. The number of benzene rings is 1. The molecule has 1 saturated heterocycles. The monoisotopic (exact) mass is 296 g/mol. The highest BCUT2D eigenvalue weighted by Gasteiger charge is 2.21. The van der Waals surface area contributed by atoms with Crippen molar-refractivity contribution in [1.82, 2.24) is 9.62 Å². The summed E-state index contributed by atoms with van der Waals surface area (Å²) in [5, 5.41) is 0. The fourth-order valence-electron chi connectivity index (χ4n) is 2.62. The number of hydrogen-bond donors (Lipinski definition) is 1. The van der Waals surface area contributed by atoms with Crippen LogP contribution in [0.5, 0.6) is 0 Å². The lowest BCUT2D eigenvalue weighted by Gasteiger charge is -2.12. The smallest absolute Gasteiger partial charge is 0.211 e. The summed E-state index contributed by atoms with van der Waals surface area (Å²) in [5.41, 5.74) is 1.19. The van der Waals surface area contributed by atoms with Crippen LogP contribution >= 0.6 is 0 Å². The number of nitrogens with one attached hydrogen (secondary N) is 1. The number of likely N-dealkylation sites (tertiary alicyclic amines) is 1. The van der Waals surface area contributed by atoms with Gasteiger partial charge in [-0.3, -0.25) is 0 Å². The van der Waals surface area contributed by atoms with Crippen molar-refractivity contribution in [3.8, 4) is 0 Å². The molecule has 112 valence electrons. The van der Waals surface area contributed by atoms with Gasteiger partial charge in [-0.25, -0.2) is 13.1 Å². The van der Waals surface area contributed by atoms with E-state index in [0.29, 0.717) is 18.9 Å². The van der Waals surface area contributed by atoms with Crippen molar-refractivity contribution in [2.75, 3.05) is 32.4 Å².